The average molecular weight is 380 g/mol. The molecule has 1 aromatic carbocycles. The van der Waals surface area contributed by atoms with Gasteiger partial charge in [0.15, 0.2) is 0 Å². The van der Waals surface area contributed by atoms with E-state index in [1.807, 2.05) is 30.9 Å². The molecule has 2 aliphatic heterocycles. The quantitative estimate of drug-likeness (QED) is 0.793. The number of rotatable bonds is 2. The third-order valence-corrected chi connectivity index (χ3v) is 7.57. The number of likely N-dealkylation sites (tertiary alicyclic amines) is 1. The second kappa shape index (κ2) is 7.56. The lowest BCUT2D eigenvalue weighted by atomic mass is 9.99. The number of carbonyl (C=O) groups excluding carboxylic acids is 1. The Morgan fingerprint density at radius 3 is 2.12 bits per heavy atom. The van der Waals surface area contributed by atoms with E-state index in [0.717, 1.165) is 37.1 Å². The molecule has 0 aromatic heterocycles. The fourth-order valence-electron chi connectivity index (χ4n) is 3.75. The Hall–Kier alpha value is -1.60. The lowest BCUT2D eigenvalue weighted by Gasteiger charge is -2.39. The van der Waals surface area contributed by atoms with Gasteiger partial charge in [-0.2, -0.15) is 4.31 Å². The van der Waals surface area contributed by atoms with E-state index in [0.29, 0.717) is 37.0 Å². The highest BCUT2D eigenvalue weighted by molar-refractivity contribution is 7.89. The van der Waals surface area contributed by atoms with Gasteiger partial charge in [-0.25, -0.2) is 13.2 Å². The van der Waals surface area contributed by atoms with Crippen molar-refractivity contribution in [1.29, 1.82) is 0 Å². The topological polar surface area (TPSA) is 60.9 Å². The largest absolute Gasteiger partial charge is 0.325 e. The molecule has 6 nitrogen and oxygen atoms in total. The lowest BCUT2D eigenvalue weighted by molar-refractivity contribution is 0.119. The molecule has 26 heavy (non-hydrogen) atoms. The van der Waals surface area contributed by atoms with Crippen molar-refractivity contribution in [2.75, 3.05) is 39.3 Å². The summed E-state index contributed by atoms with van der Waals surface area (Å²) in [4.78, 5) is 16.7. The van der Waals surface area contributed by atoms with Gasteiger partial charge in [0.05, 0.1) is 4.90 Å². The van der Waals surface area contributed by atoms with Crippen LogP contribution < -0.4 is 0 Å². The third-order valence-electron chi connectivity index (χ3n) is 5.51. The molecule has 0 saturated carbocycles. The molecule has 1 aromatic rings. The number of benzene rings is 1. The van der Waals surface area contributed by atoms with Crippen LogP contribution in [-0.4, -0.2) is 67.8 Å². The monoisotopic (exact) mass is 379 g/mol. The summed E-state index contributed by atoms with van der Waals surface area (Å²) < 4.78 is 27.4. The van der Waals surface area contributed by atoms with Gasteiger partial charge >= 0.3 is 6.03 Å². The molecule has 0 N–H and O–H groups in total. The Balaban J connectivity index is 1.63. The number of piperidine rings is 1. The maximum absolute atomic E-state index is 12.9. The van der Waals surface area contributed by atoms with E-state index in [9.17, 15) is 13.2 Å². The molecular formula is C19H29N3O3S. The summed E-state index contributed by atoms with van der Waals surface area (Å²) in [5.74, 6) is 0.679. The van der Waals surface area contributed by atoms with Crippen molar-refractivity contribution < 1.29 is 13.2 Å². The SMILES string of the molecule is Cc1ccc(S(=O)(=O)N2CCN(C(=O)N3CCC(C)CC3)CC2)c(C)c1. The zero-order chi connectivity index (χ0) is 18.9. The lowest BCUT2D eigenvalue weighted by Crippen LogP contribution is -2.55. The molecule has 0 atom stereocenters. The minimum atomic E-state index is -3.51. The molecule has 0 aliphatic carbocycles. The minimum absolute atomic E-state index is 0.0560. The molecule has 2 amide bonds. The van der Waals surface area contributed by atoms with Crippen molar-refractivity contribution in [3.05, 3.63) is 29.3 Å². The molecule has 2 aliphatic rings. The zero-order valence-corrected chi connectivity index (χ0v) is 16.8. The second-order valence-corrected chi connectivity index (χ2v) is 9.52. The fourth-order valence-corrected chi connectivity index (χ4v) is 5.38. The summed E-state index contributed by atoms with van der Waals surface area (Å²) >= 11 is 0. The summed E-state index contributed by atoms with van der Waals surface area (Å²) in [6, 6.07) is 5.47. The molecule has 3 rings (SSSR count). The van der Waals surface area contributed by atoms with Gasteiger partial charge in [-0.05, 0) is 44.2 Å². The van der Waals surface area contributed by atoms with Gasteiger partial charge in [0.2, 0.25) is 10.0 Å². The van der Waals surface area contributed by atoms with Crippen LogP contribution in [0.2, 0.25) is 0 Å². The van der Waals surface area contributed by atoms with Gasteiger partial charge < -0.3 is 9.80 Å². The minimum Gasteiger partial charge on any atom is -0.325 e. The summed E-state index contributed by atoms with van der Waals surface area (Å²) in [6.07, 6.45) is 2.10. The number of carbonyl (C=O) groups is 1. The molecule has 7 heteroatoms. The van der Waals surface area contributed by atoms with Crippen LogP contribution in [0, 0.1) is 19.8 Å². The fraction of sp³-hybridized carbons (Fsp3) is 0.632. The van der Waals surface area contributed by atoms with Crippen LogP contribution in [0.15, 0.2) is 23.1 Å². The average Bonchev–Trinajstić information content (AvgIpc) is 2.61. The van der Waals surface area contributed by atoms with E-state index >= 15 is 0 Å². The van der Waals surface area contributed by atoms with Gasteiger partial charge in [0.25, 0.3) is 0 Å². The Kier molecular flexibility index (Phi) is 5.58. The highest BCUT2D eigenvalue weighted by Crippen LogP contribution is 2.23. The van der Waals surface area contributed by atoms with Crippen molar-refractivity contribution in [1.82, 2.24) is 14.1 Å². The molecule has 2 heterocycles. The number of piperazine rings is 1. The summed E-state index contributed by atoms with van der Waals surface area (Å²) in [7, 11) is -3.51. The van der Waals surface area contributed by atoms with E-state index in [2.05, 4.69) is 6.92 Å². The molecule has 2 saturated heterocycles. The number of aryl methyl sites for hydroxylation is 2. The van der Waals surface area contributed by atoms with Crippen LogP contribution in [-0.2, 0) is 10.0 Å². The van der Waals surface area contributed by atoms with Crippen molar-refractivity contribution in [3.8, 4) is 0 Å². The highest BCUT2D eigenvalue weighted by Gasteiger charge is 2.33. The number of sulfonamides is 1. The number of nitrogens with zero attached hydrogens (tertiary/aromatic N) is 3. The Morgan fingerprint density at radius 2 is 1.54 bits per heavy atom. The van der Waals surface area contributed by atoms with Gasteiger partial charge in [-0.1, -0.05) is 24.6 Å². The standard InChI is InChI=1S/C19H29N3O3S/c1-15-6-8-20(9-7-15)19(23)21-10-12-22(13-11-21)26(24,25)18-5-4-16(2)14-17(18)3/h4-5,14-15H,6-13H2,1-3H3. The number of hydrogen-bond donors (Lipinski definition) is 0. The number of urea groups is 1. The van der Waals surface area contributed by atoms with E-state index < -0.39 is 10.0 Å². The Morgan fingerprint density at radius 1 is 0.962 bits per heavy atom. The van der Waals surface area contributed by atoms with Gasteiger partial charge in [-0.15, -0.1) is 0 Å². The maximum atomic E-state index is 12.9. The second-order valence-electron chi connectivity index (χ2n) is 7.61. The van der Waals surface area contributed by atoms with Crippen LogP contribution >= 0.6 is 0 Å². The van der Waals surface area contributed by atoms with Crippen LogP contribution in [0.4, 0.5) is 4.79 Å². The van der Waals surface area contributed by atoms with Crippen molar-refractivity contribution in [2.24, 2.45) is 5.92 Å². The van der Waals surface area contributed by atoms with E-state index in [1.165, 1.54) is 4.31 Å². The van der Waals surface area contributed by atoms with Crippen molar-refractivity contribution in [2.45, 2.75) is 38.5 Å². The van der Waals surface area contributed by atoms with Gasteiger partial charge in [0, 0.05) is 39.3 Å². The number of hydrogen-bond acceptors (Lipinski definition) is 3. The molecule has 0 spiro atoms. The molecule has 0 unspecified atom stereocenters. The first-order valence-electron chi connectivity index (χ1n) is 9.40. The van der Waals surface area contributed by atoms with Crippen molar-refractivity contribution in [3.63, 3.8) is 0 Å². The van der Waals surface area contributed by atoms with E-state index in [4.69, 9.17) is 0 Å². The van der Waals surface area contributed by atoms with Crippen LogP contribution in [0.3, 0.4) is 0 Å². The van der Waals surface area contributed by atoms with Crippen LogP contribution in [0.25, 0.3) is 0 Å². The molecule has 0 bridgehead atoms. The Labute approximate surface area is 156 Å². The predicted octanol–water partition coefficient (Wildman–Crippen LogP) is 2.46. The molecule has 2 fully saturated rings. The highest BCUT2D eigenvalue weighted by atomic mass is 32.2. The van der Waals surface area contributed by atoms with Crippen molar-refractivity contribution >= 4 is 16.1 Å². The van der Waals surface area contributed by atoms with Crippen LogP contribution in [0.1, 0.15) is 30.9 Å². The molecular weight excluding hydrogens is 350 g/mol. The smallest absolute Gasteiger partial charge is 0.320 e. The predicted molar refractivity (Wildman–Crippen MR) is 102 cm³/mol. The summed E-state index contributed by atoms with van der Waals surface area (Å²) in [5.41, 5.74) is 1.82. The normalized spacial score (nSPS) is 20.4. The first-order valence-corrected chi connectivity index (χ1v) is 10.8. The third kappa shape index (κ3) is 3.88. The van der Waals surface area contributed by atoms with Gasteiger partial charge in [-0.3, -0.25) is 0 Å². The van der Waals surface area contributed by atoms with Gasteiger partial charge in [0.1, 0.15) is 0 Å². The first kappa shape index (κ1) is 19.2. The summed E-state index contributed by atoms with van der Waals surface area (Å²) in [5, 5.41) is 0. The maximum Gasteiger partial charge on any atom is 0.320 e. The van der Waals surface area contributed by atoms with E-state index in [1.54, 1.807) is 11.0 Å². The molecule has 144 valence electrons. The Bertz CT molecular complexity index is 762. The summed E-state index contributed by atoms with van der Waals surface area (Å²) in [6.45, 7) is 9.23. The number of amides is 2. The first-order chi connectivity index (χ1) is 12.3. The van der Waals surface area contributed by atoms with E-state index in [-0.39, 0.29) is 6.03 Å². The molecule has 0 radical (unpaired) electrons. The van der Waals surface area contributed by atoms with Crippen LogP contribution in [0.5, 0.6) is 0 Å². The zero-order valence-electron chi connectivity index (χ0n) is 15.9.